The molecule has 5 heteroatoms. The maximum atomic E-state index is 12.3. The number of benzene rings is 2. The molecule has 27 heavy (non-hydrogen) atoms. The van der Waals surface area contributed by atoms with Crippen LogP contribution in [0.2, 0.25) is 0 Å². The number of amides is 1. The summed E-state index contributed by atoms with van der Waals surface area (Å²) < 4.78 is 5.59. The molecule has 142 valence electrons. The Balaban J connectivity index is 1.23. The second-order valence-corrected chi connectivity index (χ2v) is 7.81. The topological polar surface area (TPSA) is 47.2 Å². The number of quaternary nitrogens is 2. The van der Waals surface area contributed by atoms with E-state index in [9.17, 15) is 4.79 Å². The highest BCUT2D eigenvalue weighted by Gasteiger charge is 2.25. The van der Waals surface area contributed by atoms with Crippen molar-refractivity contribution in [1.29, 1.82) is 0 Å². The number of ether oxygens (including phenoxy) is 1. The van der Waals surface area contributed by atoms with Crippen molar-refractivity contribution >= 4 is 11.6 Å². The second kappa shape index (κ2) is 8.11. The van der Waals surface area contributed by atoms with Crippen molar-refractivity contribution < 1.29 is 19.3 Å². The third kappa shape index (κ3) is 4.67. The Kier molecular flexibility index (Phi) is 5.41. The molecule has 2 aromatic rings. The molecule has 1 amide bonds. The van der Waals surface area contributed by atoms with Gasteiger partial charge >= 0.3 is 0 Å². The summed E-state index contributed by atoms with van der Waals surface area (Å²) in [5.74, 6) is 1.17. The van der Waals surface area contributed by atoms with Crippen LogP contribution in [0.15, 0.2) is 42.5 Å². The summed E-state index contributed by atoms with van der Waals surface area (Å²) in [4.78, 5) is 15.3. The van der Waals surface area contributed by atoms with Gasteiger partial charge in [0.25, 0.3) is 5.91 Å². The van der Waals surface area contributed by atoms with Gasteiger partial charge in [-0.3, -0.25) is 4.79 Å². The summed E-state index contributed by atoms with van der Waals surface area (Å²) in [6.07, 6.45) is 1.03. The van der Waals surface area contributed by atoms with Gasteiger partial charge in [0, 0.05) is 17.7 Å². The molecule has 4 rings (SSSR count). The molecule has 2 aliphatic heterocycles. The van der Waals surface area contributed by atoms with Gasteiger partial charge in [0.1, 0.15) is 38.5 Å². The van der Waals surface area contributed by atoms with Crippen LogP contribution >= 0.6 is 0 Å². The Bertz CT molecular complexity index is 796. The first-order valence-corrected chi connectivity index (χ1v) is 9.94. The molecule has 5 nitrogen and oxygen atoms in total. The van der Waals surface area contributed by atoms with Gasteiger partial charge < -0.3 is 19.9 Å². The lowest BCUT2D eigenvalue weighted by Gasteiger charge is -2.29. The van der Waals surface area contributed by atoms with Gasteiger partial charge in [-0.15, -0.1) is 0 Å². The van der Waals surface area contributed by atoms with Crippen molar-refractivity contribution in [2.75, 3.05) is 44.6 Å². The quantitative estimate of drug-likeness (QED) is 0.689. The van der Waals surface area contributed by atoms with E-state index in [2.05, 4.69) is 23.5 Å². The second-order valence-electron chi connectivity index (χ2n) is 7.81. The summed E-state index contributed by atoms with van der Waals surface area (Å²) in [5.41, 5.74) is 4.84. The number of aryl methyl sites for hydroxylation is 1. The zero-order valence-corrected chi connectivity index (χ0v) is 16.0. The number of carbonyl (C=O) groups is 1. The van der Waals surface area contributed by atoms with Crippen molar-refractivity contribution in [3.8, 4) is 5.75 Å². The van der Waals surface area contributed by atoms with Crippen LogP contribution in [0.5, 0.6) is 5.75 Å². The van der Waals surface area contributed by atoms with E-state index in [4.69, 9.17) is 4.74 Å². The number of fused-ring (bicyclic) bond motifs is 1. The highest BCUT2D eigenvalue weighted by molar-refractivity contribution is 5.91. The third-order valence-electron chi connectivity index (χ3n) is 5.62. The van der Waals surface area contributed by atoms with Crippen LogP contribution in [0.4, 0.5) is 5.69 Å². The molecule has 2 heterocycles. The zero-order valence-electron chi connectivity index (χ0n) is 16.0. The first kappa shape index (κ1) is 18.0. The van der Waals surface area contributed by atoms with E-state index in [1.54, 1.807) is 4.90 Å². The van der Waals surface area contributed by atoms with Crippen LogP contribution in [0.1, 0.15) is 16.7 Å². The number of carbonyl (C=O) groups excluding carboxylic acids is 1. The number of nitrogens with one attached hydrogen (secondary N) is 3. The van der Waals surface area contributed by atoms with E-state index in [1.165, 1.54) is 21.6 Å². The Hall–Kier alpha value is -2.37. The molecule has 2 aromatic carbocycles. The van der Waals surface area contributed by atoms with Crippen molar-refractivity contribution in [2.45, 2.75) is 19.9 Å². The average Bonchev–Trinajstić information content (AvgIpc) is 3.13. The van der Waals surface area contributed by atoms with Gasteiger partial charge in [0.2, 0.25) is 0 Å². The summed E-state index contributed by atoms with van der Waals surface area (Å²) in [6, 6.07) is 14.6. The van der Waals surface area contributed by atoms with Crippen molar-refractivity contribution in [1.82, 2.24) is 0 Å². The van der Waals surface area contributed by atoms with Crippen LogP contribution in [0, 0.1) is 6.92 Å². The Morgan fingerprint density at radius 3 is 2.56 bits per heavy atom. The van der Waals surface area contributed by atoms with Crippen LogP contribution < -0.4 is 19.9 Å². The van der Waals surface area contributed by atoms with E-state index in [1.807, 2.05) is 31.2 Å². The lowest BCUT2D eigenvalue weighted by molar-refractivity contribution is -1.02. The van der Waals surface area contributed by atoms with Gasteiger partial charge in [0.05, 0.1) is 6.61 Å². The molecule has 0 spiro atoms. The van der Waals surface area contributed by atoms with Crippen LogP contribution in [-0.2, 0) is 17.8 Å². The van der Waals surface area contributed by atoms with E-state index < -0.39 is 0 Å². The molecule has 0 aliphatic carbocycles. The van der Waals surface area contributed by atoms with E-state index in [-0.39, 0.29) is 5.91 Å². The fourth-order valence-electron chi connectivity index (χ4n) is 4.02. The minimum absolute atomic E-state index is 0.107. The molecule has 0 unspecified atom stereocenters. The van der Waals surface area contributed by atoms with Crippen LogP contribution in [-0.4, -0.2) is 45.2 Å². The van der Waals surface area contributed by atoms with Gasteiger partial charge in [-0.2, -0.15) is 0 Å². The van der Waals surface area contributed by atoms with Crippen molar-refractivity contribution in [3.05, 3.63) is 59.2 Å². The predicted molar refractivity (Wildman–Crippen MR) is 105 cm³/mol. The number of anilines is 1. The number of piperazine rings is 1. The molecule has 0 saturated carbocycles. The molecule has 1 fully saturated rings. The SMILES string of the molecule is Cc1ccc(NC(=O)C[NH+]2CC[NH+](Cc3ccc4c(c3)CCO4)CC2)cc1. The fraction of sp³-hybridized carbons (Fsp3) is 0.409. The maximum Gasteiger partial charge on any atom is 0.279 e. The van der Waals surface area contributed by atoms with E-state index in [0.29, 0.717) is 6.54 Å². The van der Waals surface area contributed by atoms with Gasteiger partial charge in [0.15, 0.2) is 6.54 Å². The third-order valence-corrected chi connectivity index (χ3v) is 5.62. The Morgan fingerprint density at radius 2 is 1.78 bits per heavy atom. The number of hydrogen-bond acceptors (Lipinski definition) is 2. The Morgan fingerprint density at radius 1 is 1.04 bits per heavy atom. The number of rotatable bonds is 5. The highest BCUT2D eigenvalue weighted by atomic mass is 16.5. The fourth-order valence-corrected chi connectivity index (χ4v) is 4.02. The molecular weight excluding hydrogens is 338 g/mol. The minimum atomic E-state index is 0.107. The molecular formula is C22H29N3O2+2. The van der Waals surface area contributed by atoms with Gasteiger partial charge in [-0.05, 0) is 42.8 Å². The van der Waals surface area contributed by atoms with Crippen LogP contribution in [0.3, 0.4) is 0 Å². The molecule has 0 radical (unpaired) electrons. The van der Waals surface area contributed by atoms with Crippen molar-refractivity contribution in [3.63, 3.8) is 0 Å². The lowest BCUT2D eigenvalue weighted by atomic mass is 10.1. The molecule has 0 aromatic heterocycles. The molecule has 0 bridgehead atoms. The average molecular weight is 367 g/mol. The summed E-state index contributed by atoms with van der Waals surface area (Å²) in [6.45, 7) is 8.80. The molecule has 3 N–H and O–H groups in total. The van der Waals surface area contributed by atoms with Crippen molar-refractivity contribution in [2.24, 2.45) is 0 Å². The molecule has 0 atom stereocenters. The monoisotopic (exact) mass is 367 g/mol. The highest BCUT2D eigenvalue weighted by Crippen LogP contribution is 2.25. The van der Waals surface area contributed by atoms with E-state index >= 15 is 0 Å². The normalized spacial score (nSPS) is 21.4. The molecule has 1 saturated heterocycles. The maximum absolute atomic E-state index is 12.3. The standard InChI is InChI=1S/C22H27N3O2/c1-17-2-5-20(6-3-17)23-22(26)16-25-11-9-24(10-12-25)15-18-4-7-21-19(14-18)8-13-27-21/h2-7,14H,8-13,15-16H2,1H3,(H,23,26)/p+2. The summed E-state index contributed by atoms with van der Waals surface area (Å²) in [5, 5.41) is 3.01. The Labute approximate surface area is 160 Å². The summed E-state index contributed by atoms with van der Waals surface area (Å²) in [7, 11) is 0. The zero-order chi connectivity index (χ0) is 18.6. The number of hydrogen-bond donors (Lipinski definition) is 3. The largest absolute Gasteiger partial charge is 0.493 e. The van der Waals surface area contributed by atoms with Gasteiger partial charge in [-0.1, -0.05) is 17.7 Å². The molecule has 2 aliphatic rings. The first-order valence-electron chi connectivity index (χ1n) is 9.94. The van der Waals surface area contributed by atoms with E-state index in [0.717, 1.165) is 57.2 Å². The predicted octanol–water partition coefficient (Wildman–Crippen LogP) is -0.148. The smallest absolute Gasteiger partial charge is 0.279 e. The van der Waals surface area contributed by atoms with Gasteiger partial charge in [-0.25, -0.2) is 0 Å². The first-order chi connectivity index (χ1) is 13.2. The van der Waals surface area contributed by atoms with Crippen LogP contribution in [0.25, 0.3) is 0 Å². The summed E-state index contributed by atoms with van der Waals surface area (Å²) >= 11 is 0. The minimum Gasteiger partial charge on any atom is -0.493 e. The lowest BCUT2D eigenvalue weighted by Crippen LogP contribution is -3.28.